The van der Waals surface area contributed by atoms with Gasteiger partial charge in [0.1, 0.15) is 0 Å². The largest absolute Gasteiger partial charge is 0.166 e. The predicted octanol–water partition coefficient (Wildman–Crippen LogP) is 1.30. The van der Waals surface area contributed by atoms with Crippen LogP contribution in [0.3, 0.4) is 0 Å². The highest BCUT2D eigenvalue weighted by Gasteiger charge is 1.81. The zero-order chi connectivity index (χ0) is 5.21. The molecular weight excluding hydrogens is 99.6 g/mol. The third-order valence-corrected chi connectivity index (χ3v) is 1.31. The van der Waals surface area contributed by atoms with Crippen molar-refractivity contribution in [2.24, 2.45) is 0 Å². The molecule has 0 aliphatic heterocycles. The molecular formula is C3H7ClSi. The summed E-state index contributed by atoms with van der Waals surface area (Å²) in [6.45, 7) is 5.07. The van der Waals surface area contributed by atoms with Crippen LogP contribution in [-0.4, -0.2) is 9.27 Å². The van der Waals surface area contributed by atoms with E-state index in [0.717, 1.165) is 0 Å². The van der Waals surface area contributed by atoms with E-state index >= 15 is 0 Å². The predicted molar refractivity (Wildman–Crippen MR) is 29.1 cm³/mol. The Morgan fingerprint density at radius 3 is 2.60 bits per heavy atom. The lowest BCUT2D eigenvalue weighted by Gasteiger charge is -1.77. The Hall–Kier alpha value is 0.247. The SMILES string of the molecule is [2H][Si](C)(Cl)C=C. The Balaban J connectivity index is 3.45. The van der Waals surface area contributed by atoms with Crippen LogP contribution in [0.1, 0.15) is 0 Å². The summed E-state index contributed by atoms with van der Waals surface area (Å²) in [7, 11) is -2.15. The van der Waals surface area contributed by atoms with E-state index in [-0.39, 0.29) is 0 Å². The average molecular weight is 108 g/mol. The number of rotatable bonds is 1. The fraction of sp³-hybridized carbons (Fsp3) is 0.333. The van der Waals surface area contributed by atoms with Crippen LogP contribution in [0, 0.1) is 0 Å². The van der Waals surface area contributed by atoms with Crippen molar-refractivity contribution < 1.29 is 0 Å². The molecule has 0 bridgehead atoms. The van der Waals surface area contributed by atoms with E-state index in [4.69, 9.17) is 12.3 Å². The molecule has 0 aromatic heterocycles. The Labute approximate surface area is 40.0 Å². The van der Waals surface area contributed by atoms with E-state index in [9.17, 15) is 0 Å². The quantitative estimate of drug-likeness (QED) is 0.350. The fourth-order valence-electron chi connectivity index (χ4n) is 0. The highest BCUT2D eigenvalue weighted by atomic mass is 35.6. The van der Waals surface area contributed by atoms with Crippen LogP contribution >= 0.6 is 11.1 Å². The third kappa shape index (κ3) is 4.25. The minimum atomic E-state index is -2.15. The minimum Gasteiger partial charge on any atom is -0.166 e. The maximum Gasteiger partial charge on any atom is 0.160 e. The van der Waals surface area contributed by atoms with Gasteiger partial charge in [0.2, 0.25) is 0 Å². The number of halogens is 1. The monoisotopic (exact) mass is 107 g/mol. The molecule has 0 N–H and O–H groups in total. The molecule has 0 radical (unpaired) electrons. The van der Waals surface area contributed by atoms with Gasteiger partial charge in [0.05, 0.1) is 0 Å². The molecule has 1 unspecified atom stereocenters. The summed E-state index contributed by atoms with van der Waals surface area (Å²) in [5.41, 5.74) is 1.51. The summed E-state index contributed by atoms with van der Waals surface area (Å²) in [5.74, 6) is 0. The van der Waals surface area contributed by atoms with Gasteiger partial charge >= 0.3 is 0 Å². The Kier molecular flexibility index (Phi) is 1.71. The maximum absolute atomic E-state index is 6.97. The van der Waals surface area contributed by atoms with Gasteiger partial charge in [0, 0.05) is 1.23 Å². The van der Waals surface area contributed by atoms with Gasteiger partial charge in [-0.2, -0.15) is 11.1 Å². The lowest BCUT2D eigenvalue weighted by atomic mass is 11.3. The molecule has 0 fully saturated rings. The summed E-state index contributed by atoms with van der Waals surface area (Å²) < 4.78 is 6.97. The second kappa shape index (κ2) is 2.48. The maximum atomic E-state index is 6.97. The zero-order valence-corrected chi connectivity index (χ0v) is 4.92. The van der Waals surface area contributed by atoms with E-state index in [0.29, 0.717) is 0 Å². The highest BCUT2D eigenvalue weighted by molar-refractivity contribution is 7.09. The van der Waals surface area contributed by atoms with Crippen molar-refractivity contribution in [1.82, 2.24) is 0 Å². The van der Waals surface area contributed by atoms with Crippen LogP contribution in [-0.2, 0) is 0 Å². The molecule has 0 saturated carbocycles. The second-order valence-electron chi connectivity index (χ2n) is 0.791. The van der Waals surface area contributed by atoms with Crippen LogP contribution in [0.25, 0.3) is 0 Å². The van der Waals surface area contributed by atoms with E-state index < -0.39 is 8.04 Å². The van der Waals surface area contributed by atoms with E-state index in [1.807, 2.05) is 0 Å². The van der Waals surface area contributed by atoms with E-state index in [2.05, 4.69) is 6.58 Å². The molecule has 0 saturated heterocycles. The lowest BCUT2D eigenvalue weighted by Crippen LogP contribution is -1.84. The molecule has 30 valence electrons. The molecule has 0 aliphatic carbocycles. The van der Waals surface area contributed by atoms with Crippen molar-refractivity contribution in [3.05, 3.63) is 12.3 Å². The van der Waals surface area contributed by atoms with Gasteiger partial charge in [-0.3, -0.25) is 0 Å². The van der Waals surface area contributed by atoms with Crippen LogP contribution in [0.4, 0.5) is 0 Å². The summed E-state index contributed by atoms with van der Waals surface area (Å²) in [4.78, 5) is 0. The first-order chi connectivity index (χ1) is 2.56. The average Bonchev–Trinajstić information content (AvgIpc) is 1.35. The third-order valence-electron chi connectivity index (χ3n) is 0.281. The lowest BCUT2D eigenvalue weighted by molar-refractivity contribution is 2.23. The van der Waals surface area contributed by atoms with Gasteiger partial charge in [0.25, 0.3) is 0 Å². The topological polar surface area (TPSA) is 0 Å². The number of hydrogen-bond donors (Lipinski definition) is 0. The van der Waals surface area contributed by atoms with Gasteiger partial charge in [-0.15, -0.1) is 6.58 Å². The van der Waals surface area contributed by atoms with E-state index in [1.54, 1.807) is 6.55 Å². The molecule has 2 heteroatoms. The van der Waals surface area contributed by atoms with Crippen molar-refractivity contribution in [2.45, 2.75) is 6.55 Å². The Morgan fingerprint density at radius 2 is 2.60 bits per heavy atom. The van der Waals surface area contributed by atoms with Crippen LogP contribution in [0.15, 0.2) is 12.3 Å². The molecule has 0 heterocycles. The van der Waals surface area contributed by atoms with Crippen LogP contribution < -0.4 is 0 Å². The highest BCUT2D eigenvalue weighted by Crippen LogP contribution is 1.84. The summed E-state index contributed by atoms with van der Waals surface area (Å²) in [6, 6.07) is 0. The smallest absolute Gasteiger partial charge is 0.160 e. The van der Waals surface area contributed by atoms with Crippen molar-refractivity contribution in [1.29, 1.82) is 1.23 Å². The van der Waals surface area contributed by atoms with Crippen molar-refractivity contribution >= 4 is 19.1 Å². The zero-order valence-electron chi connectivity index (χ0n) is 4.16. The van der Waals surface area contributed by atoms with Gasteiger partial charge < -0.3 is 0 Å². The van der Waals surface area contributed by atoms with Crippen molar-refractivity contribution in [3.63, 3.8) is 0 Å². The minimum absolute atomic E-state index is 1.51. The molecule has 1 atom stereocenters. The van der Waals surface area contributed by atoms with E-state index in [1.165, 1.54) is 5.70 Å². The van der Waals surface area contributed by atoms with Crippen LogP contribution in [0.2, 0.25) is 6.55 Å². The number of hydrogen-bond acceptors (Lipinski definition) is 0. The Bertz CT molecular complexity index is 56.3. The van der Waals surface area contributed by atoms with Crippen LogP contribution in [0.5, 0.6) is 0 Å². The first-order valence-corrected chi connectivity index (χ1v) is 4.48. The molecule has 0 spiro atoms. The van der Waals surface area contributed by atoms with Crippen molar-refractivity contribution in [3.8, 4) is 0 Å². The Morgan fingerprint density at radius 1 is 2.40 bits per heavy atom. The van der Waals surface area contributed by atoms with Crippen molar-refractivity contribution in [2.75, 3.05) is 0 Å². The van der Waals surface area contributed by atoms with Gasteiger partial charge in [-0.1, -0.05) is 12.2 Å². The standard InChI is InChI=1S/C3H7ClSi/c1-3-5(2)4/h3,5H,1H2,2H3/i5D. The fourth-order valence-corrected chi connectivity index (χ4v) is 0. The first kappa shape index (κ1) is 3.44. The summed E-state index contributed by atoms with van der Waals surface area (Å²) in [5, 5.41) is 0. The van der Waals surface area contributed by atoms with Gasteiger partial charge in [0.15, 0.2) is 8.04 Å². The molecule has 0 aromatic carbocycles. The molecule has 0 rings (SSSR count). The molecule has 0 amide bonds. The second-order valence-corrected chi connectivity index (χ2v) is 4.16. The molecule has 0 aliphatic rings. The normalized spacial score (nSPS) is 23.2. The summed E-state index contributed by atoms with van der Waals surface area (Å²) >= 11 is 5.41. The summed E-state index contributed by atoms with van der Waals surface area (Å²) in [6.07, 6.45) is 0. The molecule has 0 nitrogen and oxygen atoms in total. The molecule has 5 heavy (non-hydrogen) atoms. The van der Waals surface area contributed by atoms with Gasteiger partial charge in [-0.05, 0) is 0 Å². The molecule has 0 aromatic rings. The van der Waals surface area contributed by atoms with Gasteiger partial charge in [-0.25, -0.2) is 0 Å². The first-order valence-electron chi connectivity index (χ1n) is 1.89.